The van der Waals surface area contributed by atoms with E-state index in [2.05, 4.69) is 12.0 Å². The van der Waals surface area contributed by atoms with Crippen molar-refractivity contribution in [3.8, 4) is 0 Å². The molecule has 2 aliphatic heterocycles. The van der Waals surface area contributed by atoms with Crippen LogP contribution in [-0.2, 0) is 9.59 Å². The quantitative estimate of drug-likeness (QED) is 0.838. The van der Waals surface area contributed by atoms with Gasteiger partial charge in [-0.3, -0.25) is 9.59 Å². The van der Waals surface area contributed by atoms with Crippen molar-refractivity contribution in [2.24, 2.45) is 5.10 Å². The number of nitrogens with zero attached hydrogens (tertiary/aromatic N) is 3. The molecular formula is C18H22ClN3O2. The number of likely N-dealkylation sites (tertiary alicyclic amines) is 1. The second-order valence-corrected chi connectivity index (χ2v) is 6.72. The summed E-state index contributed by atoms with van der Waals surface area (Å²) in [5.74, 6) is -0.118. The maximum absolute atomic E-state index is 12.9. The molecule has 6 heteroatoms. The summed E-state index contributed by atoms with van der Waals surface area (Å²) in [7, 11) is 0. The monoisotopic (exact) mass is 347 g/mol. The Balaban J connectivity index is 1.84. The second kappa shape index (κ2) is 7.34. The Bertz CT molecular complexity index is 657. The number of piperidine rings is 1. The molecule has 0 spiro atoms. The molecule has 3 rings (SSSR count). The Morgan fingerprint density at radius 3 is 2.71 bits per heavy atom. The summed E-state index contributed by atoms with van der Waals surface area (Å²) in [4.78, 5) is 27.0. The molecule has 0 radical (unpaired) electrons. The minimum Gasteiger partial charge on any atom is -0.335 e. The van der Waals surface area contributed by atoms with Crippen LogP contribution in [0.4, 0.5) is 5.69 Å². The van der Waals surface area contributed by atoms with Crippen LogP contribution in [0.25, 0.3) is 0 Å². The third kappa shape index (κ3) is 3.46. The Morgan fingerprint density at radius 1 is 1.25 bits per heavy atom. The van der Waals surface area contributed by atoms with Gasteiger partial charge >= 0.3 is 0 Å². The van der Waals surface area contributed by atoms with Crippen molar-refractivity contribution in [1.82, 2.24) is 4.90 Å². The lowest BCUT2D eigenvalue weighted by Gasteiger charge is -2.36. The van der Waals surface area contributed by atoms with E-state index in [0.29, 0.717) is 29.3 Å². The van der Waals surface area contributed by atoms with Crippen LogP contribution in [-0.4, -0.2) is 35.0 Å². The lowest BCUT2D eigenvalue weighted by Crippen LogP contribution is -2.48. The average Bonchev–Trinajstić information content (AvgIpc) is 2.62. The highest BCUT2D eigenvalue weighted by Crippen LogP contribution is 2.25. The van der Waals surface area contributed by atoms with Crippen LogP contribution in [0, 0.1) is 0 Å². The van der Waals surface area contributed by atoms with E-state index in [1.165, 1.54) is 11.4 Å². The zero-order valence-corrected chi connectivity index (χ0v) is 14.6. The van der Waals surface area contributed by atoms with Crippen LogP contribution in [0.15, 0.2) is 29.4 Å². The molecule has 2 aliphatic rings. The smallest absolute Gasteiger partial charge is 0.270 e. The number of amides is 2. The number of hydrogen-bond acceptors (Lipinski definition) is 3. The van der Waals surface area contributed by atoms with Gasteiger partial charge in [0, 0.05) is 30.5 Å². The van der Waals surface area contributed by atoms with Gasteiger partial charge in [0.25, 0.3) is 5.91 Å². The van der Waals surface area contributed by atoms with Gasteiger partial charge in [-0.2, -0.15) is 5.10 Å². The van der Waals surface area contributed by atoms with Gasteiger partial charge in [0.1, 0.15) is 5.71 Å². The lowest BCUT2D eigenvalue weighted by molar-refractivity contribution is -0.127. The number of hydrazone groups is 1. The Labute approximate surface area is 147 Å². The molecule has 0 saturated carbocycles. The molecule has 5 nitrogen and oxygen atoms in total. The van der Waals surface area contributed by atoms with E-state index < -0.39 is 0 Å². The molecule has 2 amide bonds. The summed E-state index contributed by atoms with van der Waals surface area (Å²) >= 11 is 5.90. The minimum absolute atomic E-state index is 0.0204. The number of rotatable bonds is 3. The van der Waals surface area contributed by atoms with Gasteiger partial charge in [-0.05, 0) is 49.9 Å². The van der Waals surface area contributed by atoms with Crippen LogP contribution in [0.5, 0.6) is 0 Å². The van der Waals surface area contributed by atoms with Gasteiger partial charge in [-0.15, -0.1) is 0 Å². The van der Waals surface area contributed by atoms with Gasteiger partial charge in [-0.25, -0.2) is 5.01 Å². The number of anilines is 1. The third-order valence-corrected chi connectivity index (χ3v) is 4.96. The topological polar surface area (TPSA) is 53.0 Å². The number of carbonyl (C=O) groups excluding carboxylic acids is 2. The third-order valence-electron chi connectivity index (χ3n) is 4.71. The summed E-state index contributed by atoms with van der Waals surface area (Å²) in [6, 6.07) is 7.21. The molecule has 1 saturated heterocycles. The Morgan fingerprint density at radius 2 is 2.00 bits per heavy atom. The van der Waals surface area contributed by atoms with Gasteiger partial charge in [0.2, 0.25) is 5.91 Å². The molecule has 1 fully saturated rings. The Hall–Kier alpha value is -1.88. The standard InChI is InChI=1S/C18H22ClN3O2/c1-2-14-5-3-4-12-21(14)18(24)16-10-11-17(23)22(20-16)15-8-6-13(19)7-9-15/h6-9,14H,2-5,10-12H2,1H3. The first-order valence-corrected chi connectivity index (χ1v) is 8.95. The van der Waals surface area contributed by atoms with Crippen molar-refractivity contribution in [2.45, 2.75) is 51.5 Å². The fourth-order valence-electron chi connectivity index (χ4n) is 3.35. The molecular weight excluding hydrogens is 326 g/mol. The molecule has 0 bridgehead atoms. The maximum Gasteiger partial charge on any atom is 0.270 e. The highest BCUT2D eigenvalue weighted by Gasteiger charge is 2.32. The van der Waals surface area contributed by atoms with Gasteiger partial charge in [0.15, 0.2) is 0 Å². The van der Waals surface area contributed by atoms with Crippen LogP contribution >= 0.6 is 11.6 Å². The van der Waals surface area contributed by atoms with Crippen molar-refractivity contribution in [1.29, 1.82) is 0 Å². The van der Waals surface area contributed by atoms with Crippen molar-refractivity contribution in [2.75, 3.05) is 11.6 Å². The first kappa shape index (κ1) is 17.0. The maximum atomic E-state index is 12.9. The number of carbonyl (C=O) groups is 2. The molecule has 128 valence electrons. The highest BCUT2D eigenvalue weighted by molar-refractivity contribution is 6.40. The Kier molecular flexibility index (Phi) is 5.19. The second-order valence-electron chi connectivity index (χ2n) is 6.29. The fourth-order valence-corrected chi connectivity index (χ4v) is 3.48. The summed E-state index contributed by atoms with van der Waals surface area (Å²) in [6.45, 7) is 2.90. The SMILES string of the molecule is CCC1CCCCN1C(=O)C1=NN(c2ccc(Cl)cc2)C(=O)CC1. The van der Waals surface area contributed by atoms with Gasteiger partial charge in [0.05, 0.1) is 5.69 Å². The van der Waals surface area contributed by atoms with Gasteiger partial charge < -0.3 is 4.90 Å². The molecule has 1 aromatic rings. The van der Waals surface area contributed by atoms with E-state index in [-0.39, 0.29) is 17.9 Å². The van der Waals surface area contributed by atoms with E-state index >= 15 is 0 Å². The number of hydrogen-bond donors (Lipinski definition) is 0. The zero-order valence-electron chi connectivity index (χ0n) is 13.9. The molecule has 1 unspecified atom stereocenters. The first-order valence-electron chi connectivity index (χ1n) is 8.57. The van der Waals surface area contributed by atoms with E-state index in [1.54, 1.807) is 24.3 Å². The highest BCUT2D eigenvalue weighted by atomic mass is 35.5. The van der Waals surface area contributed by atoms with E-state index in [9.17, 15) is 9.59 Å². The van der Waals surface area contributed by atoms with Crippen molar-refractivity contribution in [3.05, 3.63) is 29.3 Å². The van der Waals surface area contributed by atoms with Crippen molar-refractivity contribution in [3.63, 3.8) is 0 Å². The molecule has 2 heterocycles. The van der Waals surface area contributed by atoms with Crippen molar-refractivity contribution >= 4 is 34.8 Å². The summed E-state index contributed by atoms with van der Waals surface area (Å²) < 4.78 is 0. The van der Waals surface area contributed by atoms with Crippen LogP contribution in [0.3, 0.4) is 0 Å². The van der Waals surface area contributed by atoms with Crippen LogP contribution < -0.4 is 5.01 Å². The summed E-state index contributed by atoms with van der Waals surface area (Å²) in [5, 5.41) is 6.30. The van der Waals surface area contributed by atoms with Crippen LogP contribution in [0.1, 0.15) is 45.4 Å². The average molecular weight is 348 g/mol. The van der Waals surface area contributed by atoms with E-state index in [4.69, 9.17) is 11.6 Å². The molecule has 1 atom stereocenters. The fraction of sp³-hybridized carbons (Fsp3) is 0.500. The summed E-state index contributed by atoms with van der Waals surface area (Å²) in [5.41, 5.74) is 1.12. The molecule has 24 heavy (non-hydrogen) atoms. The minimum atomic E-state index is -0.0976. The largest absolute Gasteiger partial charge is 0.335 e. The normalized spacial score (nSPS) is 21.7. The van der Waals surface area contributed by atoms with Crippen LogP contribution in [0.2, 0.25) is 5.02 Å². The zero-order chi connectivity index (χ0) is 17.1. The van der Waals surface area contributed by atoms with Gasteiger partial charge in [-0.1, -0.05) is 18.5 Å². The summed E-state index contributed by atoms with van der Waals surface area (Å²) in [6.07, 6.45) is 4.93. The molecule has 1 aromatic carbocycles. The van der Waals surface area contributed by atoms with E-state index in [0.717, 1.165) is 25.8 Å². The molecule has 0 aromatic heterocycles. The number of benzene rings is 1. The van der Waals surface area contributed by atoms with Crippen molar-refractivity contribution < 1.29 is 9.59 Å². The number of halogens is 1. The van der Waals surface area contributed by atoms with E-state index in [1.807, 2.05) is 4.90 Å². The molecule has 0 aliphatic carbocycles. The first-order chi connectivity index (χ1) is 11.6. The molecule has 0 N–H and O–H groups in total. The predicted octanol–water partition coefficient (Wildman–Crippen LogP) is 3.61. The predicted molar refractivity (Wildman–Crippen MR) is 95.3 cm³/mol. The lowest BCUT2D eigenvalue weighted by atomic mass is 9.98.